The van der Waals surface area contributed by atoms with Gasteiger partial charge in [-0.05, 0) is 43.0 Å². The van der Waals surface area contributed by atoms with Gasteiger partial charge in [0.05, 0.1) is 23.4 Å². The Hall–Kier alpha value is -3.90. The van der Waals surface area contributed by atoms with Crippen molar-refractivity contribution in [3.05, 3.63) is 70.7 Å². The van der Waals surface area contributed by atoms with Gasteiger partial charge in [-0.25, -0.2) is 13.4 Å². The van der Waals surface area contributed by atoms with Gasteiger partial charge in [0.2, 0.25) is 15.7 Å². The number of anilines is 1. The Labute approximate surface area is 219 Å². The van der Waals surface area contributed by atoms with Crippen LogP contribution in [0.5, 0.6) is 0 Å². The number of sulfonamides is 1. The van der Waals surface area contributed by atoms with Crippen molar-refractivity contribution in [2.24, 2.45) is 5.73 Å². The van der Waals surface area contributed by atoms with Crippen molar-refractivity contribution in [2.45, 2.75) is 25.3 Å². The third-order valence-corrected chi connectivity index (χ3v) is 8.91. The summed E-state index contributed by atoms with van der Waals surface area (Å²) in [5.74, 6) is -0.521. The third-order valence-electron chi connectivity index (χ3n) is 7.64. The minimum atomic E-state index is -3.25. The first-order chi connectivity index (χ1) is 18.2. The number of rotatable bonds is 5. The van der Waals surface area contributed by atoms with Gasteiger partial charge in [-0.3, -0.25) is 9.59 Å². The molecule has 2 aliphatic heterocycles. The second-order valence-electron chi connectivity index (χ2n) is 9.98. The van der Waals surface area contributed by atoms with Gasteiger partial charge in [0.15, 0.2) is 0 Å². The molecule has 2 aliphatic rings. The van der Waals surface area contributed by atoms with Crippen molar-refractivity contribution in [1.82, 2.24) is 23.2 Å². The van der Waals surface area contributed by atoms with E-state index in [1.807, 2.05) is 30.6 Å². The highest BCUT2D eigenvalue weighted by Crippen LogP contribution is 2.36. The molecule has 38 heavy (non-hydrogen) atoms. The molecule has 1 fully saturated rings. The lowest BCUT2D eigenvalue weighted by atomic mass is 10.0. The number of amides is 1. The van der Waals surface area contributed by atoms with E-state index in [4.69, 9.17) is 5.73 Å². The monoisotopic (exact) mass is 535 g/mol. The summed E-state index contributed by atoms with van der Waals surface area (Å²) < 4.78 is 28.8. The molecule has 1 atom stereocenters. The van der Waals surface area contributed by atoms with Gasteiger partial charge in [-0.2, -0.15) is 4.31 Å². The van der Waals surface area contributed by atoms with Crippen molar-refractivity contribution in [2.75, 3.05) is 37.3 Å². The zero-order chi connectivity index (χ0) is 26.6. The molecule has 1 saturated heterocycles. The minimum absolute atomic E-state index is 0.0229. The topological polar surface area (TPSA) is 139 Å². The van der Waals surface area contributed by atoms with Gasteiger partial charge in [0.25, 0.3) is 11.5 Å². The van der Waals surface area contributed by atoms with E-state index in [0.29, 0.717) is 42.8 Å². The third kappa shape index (κ3) is 4.19. The Morgan fingerprint density at radius 2 is 2.03 bits per heavy atom. The number of nitrogens with zero attached hydrogens (tertiary/aromatic N) is 5. The van der Waals surface area contributed by atoms with Crippen molar-refractivity contribution in [3.8, 4) is 0 Å². The molecule has 3 N–H and O–H groups in total. The average Bonchev–Trinajstić information content (AvgIpc) is 3.56. The smallest absolute Gasteiger partial charge is 0.294 e. The number of primary amides is 1. The molecule has 0 aliphatic carbocycles. The number of hydrogen-bond donors (Lipinski definition) is 2. The van der Waals surface area contributed by atoms with Gasteiger partial charge in [0.1, 0.15) is 0 Å². The first-order valence-electron chi connectivity index (χ1n) is 12.6. The second-order valence-corrected chi connectivity index (χ2v) is 12.0. The fourth-order valence-corrected chi connectivity index (χ4v) is 6.44. The average molecular weight is 536 g/mol. The maximum atomic E-state index is 13.1. The molecule has 4 aromatic rings. The van der Waals surface area contributed by atoms with Crippen LogP contribution in [0.2, 0.25) is 0 Å². The summed E-state index contributed by atoms with van der Waals surface area (Å²) in [7, 11) is -3.25. The lowest BCUT2D eigenvalue weighted by molar-refractivity contribution is 0.100. The fraction of sp³-hybridized carbons (Fsp3) is 0.346. The van der Waals surface area contributed by atoms with Crippen LogP contribution in [0, 0.1) is 0 Å². The molecule has 6 rings (SSSR count). The Balaban J connectivity index is 1.36. The predicted molar refractivity (Wildman–Crippen MR) is 146 cm³/mol. The summed E-state index contributed by atoms with van der Waals surface area (Å²) in [5, 5.41) is 0.874. The van der Waals surface area contributed by atoms with Gasteiger partial charge < -0.3 is 24.6 Å². The van der Waals surface area contributed by atoms with Gasteiger partial charge in [0, 0.05) is 67.7 Å². The van der Waals surface area contributed by atoms with Crippen molar-refractivity contribution in [3.63, 3.8) is 0 Å². The van der Waals surface area contributed by atoms with Crippen LogP contribution in [-0.2, 0) is 10.0 Å². The highest BCUT2D eigenvalue weighted by molar-refractivity contribution is 7.88. The number of imidazole rings is 1. The van der Waals surface area contributed by atoms with Crippen LogP contribution in [-0.4, -0.2) is 70.0 Å². The molecular weight excluding hydrogens is 506 g/mol. The number of nitrogens with two attached hydrogens (primary N) is 1. The zero-order valence-electron chi connectivity index (χ0n) is 21.0. The number of fused-ring (bicyclic) bond motifs is 2. The molecule has 0 spiro atoms. The Bertz CT molecular complexity index is 1770. The highest BCUT2D eigenvalue weighted by Gasteiger charge is 2.27. The van der Waals surface area contributed by atoms with Crippen LogP contribution in [0.4, 0.5) is 5.69 Å². The number of carbonyl (C=O) groups is 1. The maximum Gasteiger partial charge on any atom is 0.294 e. The van der Waals surface area contributed by atoms with Crippen LogP contribution in [0.1, 0.15) is 41.4 Å². The van der Waals surface area contributed by atoms with E-state index in [9.17, 15) is 18.0 Å². The Kier molecular flexibility index (Phi) is 5.88. The van der Waals surface area contributed by atoms with Gasteiger partial charge in [-0.15, -0.1) is 0 Å². The Morgan fingerprint density at radius 1 is 1.18 bits per heavy atom. The molecular formula is C26H29N7O4S. The number of aromatic nitrogens is 4. The Morgan fingerprint density at radius 3 is 2.76 bits per heavy atom. The van der Waals surface area contributed by atoms with E-state index < -0.39 is 15.9 Å². The highest BCUT2D eigenvalue weighted by atomic mass is 32.2. The lowest BCUT2D eigenvalue weighted by Crippen LogP contribution is -2.40. The molecule has 11 nitrogen and oxygen atoms in total. The van der Waals surface area contributed by atoms with Crippen molar-refractivity contribution in [1.29, 1.82) is 0 Å². The normalized spacial score (nSPS) is 19.2. The number of nitrogens with one attached hydrogen (secondary N) is 1. The quantitative estimate of drug-likeness (QED) is 0.401. The number of carbonyl (C=O) groups excluding carboxylic acids is 1. The molecule has 5 heterocycles. The zero-order valence-corrected chi connectivity index (χ0v) is 21.8. The molecule has 0 saturated carbocycles. The number of benzene rings is 1. The maximum absolute atomic E-state index is 13.1. The fourth-order valence-electron chi connectivity index (χ4n) is 5.67. The van der Waals surface area contributed by atoms with E-state index >= 15 is 0 Å². The van der Waals surface area contributed by atoms with Crippen LogP contribution in [0.3, 0.4) is 0 Å². The minimum Gasteiger partial charge on any atom is -0.369 e. The van der Waals surface area contributed by atoms with Crippen molar-refractivity contribution < 1.29 is 13.2 Å². The number of H-pyrrole nitrogens is 1. The molecule has 1 unspecified atom stereocenters. The van der Waals surface area contributed by atoms with E-state index in [-0.39, 0.29) is 11.6 Å². The van der Waals surface area contributed by atoms with Crippen LogP contribution >= 0.6 is 0 Å². The summed E-state index contributed by atoms with van der Waals surface area (Å²) in [6, 6.07) is 5.66. The van der Waals surface area contributed by atoms with E-state index in [0.717, 1.165) is 41.7 Å². The first kappa shape index (κ1) is 24.4. The molecule has 12 heteroatoms. The van der Waals surface area contributed by atoms with E-state index in [1.54, 1.807) is 27.4 Å². The molecule has 3 aromatic heterocycles. The first-order valence-corrected chi connectivity index (χ1v) is 14.4. The van der Waals surface area contributed by atoms with Crippen molar-refractivity contribution >= 4 is 43.7 Å². The molecule has 0 radical (unpaired) electrons. The lowest BCUT2D eigenvalue weighted by Gasteiger charge is -2.35. The number of hydrogen-bond acceptors (Lipinski definition) is 6. The SMILES string of the molecule is CS(=O)(=O)N1CC=C(c2cc3c(N4CCCC(n5ccn6ccnc6c5=O)C4)ccc(C(N)=O)c3[nH]2)CC1. The number of aromatic amines is 1. The summed E-state index contributed by atoms with van der Waals surface area (Å²) in [4.78, 5) is 35.2. The molecule has 0 bridgehead atoms. The van der Waals surface area contributed by atoms with E-state index in [1.165, 1.54) is 10.6 Å². The summed E-state index contributed by atoms with van der Waals surface area (Å²) in [6.07, 6.45) is 12.5. The molecule has 1 amide bonds. The number of piperidine rings is 1. The molecule has 1 aromatic carbocycles. The van der Waals surface area contributed by atoms with Gasteiger partial charge in [-0.1, -0.05) is 6.08 Å². The largest absolute Gasteiger partial charge is 0.369 e. The van der Waals surface area contributed by atoms with Crippen LogP contribution < -0.4 is 16.2 Å². The standard InChI is InChI=1S/C26H29N7O4S/c1-38(36,37)32-10-6-17(7-11-32)21-15-20-22(5-4-19(24(27)34)23(20)29-21)31-9-2-3-18(16-31)33-14-13-30-12-8-28-25(30)26(33)35/h4-6,8,12-15,18,29H,2-3,7,9-11,16H2,1H3,(H2,27,34). The van der Waals surface area contributed by atoms with E-state index in [2.05, 4.69) is 14.9 Å². The second kappa shape index (κ2) is 9.14. The summed E-state index contributed by atoms with van der Waals surface area (Å²) >= 11 is 0. The van der Waals surface area contributed by atoms with Crippen LogP contribution in [0.25, 0.3) is 22.1 Å². The van der Waals surface area contributed by atoms with Crippen LogP contribution in [0.15, 0.2) is 53.9 Å². The summed E-state index contributed by atoms with van der Waals surface area (Å²) in [5.41, 5.74) is 9.86. The predicted octanol–water partition coefficient (Wildman–Crippen LogP) is 1.97. The van der Waals surface area contributed by atoms with Gasteiger partial charge >= 0.3 is 0 Å². The molecule has 198 valence electrons. The summed E-state index contributed by atoms with van der Waals surface area (Å²) in [6.45, 7) is 2.16.